The quantitative estimate of drug-likeness (QED) is 0.687. The molecule has 1 fully saturated rings. The summed E-state index contributed by atoms with van der Waals surface area (Å²) in [5, 5.41) is -0.206. The van der Waals surface area contributed by atoms with E-state index in [1.54, 1.807) is 0 Å². The van der Waals surface area contributed by atoms with E-state index in [0.717, 1.165) is 17.4 Å². The molecule has 1 aliphatic rings. The van der Waals surface area contributed by atoms with Crippen molar-refractivity contribution < 1.29 is 8.42 Å². The second kappa shape index (κ2) is 4.78. The van der Waals surface area contributed by atoms with E-state index in [1.807, 2.05) is 0 Å². The Morgan fingerprint density at radius 1 is 0.955 bits per heavy atom. The van der Waals surface area contributed by atoms with Gasteiger partial charge in [0.05, 0.1) is 0 Å². The number of hydrogen-bond donors (Lipinski definition) is 0. The summed E-state index contributed by atoms with van der Waals surface area (Å²) in [5.74, 6) is 0. The maximum atomic E-state index is 12.7. The van der Waals surface area contributed by atoms with Crippen molar-refractivity contribution in [1.29, 1.82) is 0 Å². The molecule has 120 valence electrons. The van der Waals surface area contributed by atoms with Gasteiger partial charge in [-0.1, -0.05) is 0 Å². The summed E-state index contributed by atoms with van der Waals surface area (Å²) < 4.78 is 30.1. The standard InChI is InChI=1S/C12H17N5O4S/c1-14-8-9(15(2)12(19)16(3)10(8)18)13-11(14)22(20,21)17-6-4-5-7-17/h4-7H2,1-3H3. The van der Waals surface area contributed by atoms with Gasteiger partial charge in [-0.3, -0.25) is 13.9 Å². The molecule has 0 bridgehead atoms. The first-order valence-electron chi connectivity index (χ1n) is 6.89. The molecule has 3 rings (SSSR count). The van der Waals surface area contributed by atoms with E-state index in [0.29, 0.717) is 13.1 Å². The molecule has 2 aromatic rings. The van der Waals surface area contributed by atoms with Gasteiger partial charge >= 0.3 is 5.69 Å². The van der Waals surface area contributed by atoms with Crippen LogP contribution in [0.25, 0.3) is 11.2 Å². The van der Waals surface area contributed by atoms with Crippen LogP contribution in [0.4, 0.5) is 0 Å². The number of aryl methyl sites for hydroxylation is 2. The number of nitrogens with zero attached hydrogens (tertiary/aromatic N) is 5. The SMILES string of the molecule is Cn1c(=O)c2c(nc(S(=O)(=O)N3CCCC3)n2C)n(C)c1=O. The fourth-order valence-corrected chi connectivity index (χ4v) is 4.38. The maximum absolute atomic E-state index is 12.7. The molecule has 2 aromatic heterocycles. The molecule has 0 N–H and O–H groups in total. The monoisotopic (exact) mass is 327 g/mol. The fourth-order valence-electron chi connectivity index (χ4n) is 2.77. The minimum absolute atomic E-state index is 0.0772. The van der Waals surface area contributed by atoms with Gasteiger partial charge in [0.25, 0.3) is 15.6 Å². The van der Waals surface area contributed by atoms with Gasteiger partial charge in [-0.2, -0.15) is 9.29 Å². The van der Waals surface area contributed by atoms with Crippen LogP contribution in [0.5, 0.6) is 0 Å². The summed E-state index contributed by atoms with van der Waals surface area (Å²) >= 11 is 0. The average molecular weight is 327 g/mol. The Labute approximate surface area is 126 Å². The molecule has 10 heteroatoms. The predicted octanol–water partition coefficient (Wildman–Crippen LogP) is -1.24. The minimum Gasteiger partial charge on any atom is -0.311 e. The van der Waals surface area contributed by atoms with Gasteiger partial charge in [0.15, 0.2) is 11.2 Å². The number of fused-ring (bicyclic) bond motifs is 1. The largest absolute Gasteiger partial charge is 0.332 e. The van der Waals surface area contributed by atoms with Crippen LogP contribution in [0, 0.1) is 0 Å². The number of aromatic nitrogens is 4. The van der Waals surface area contributed by atoms with E-state index in [2.05, 4.69) is 4.98 Å². The van der Waals surface area contributed by atoms with Crippen LogP contribution in [-0.2, 0) is 31.2 Å². The molecular formula is C12H17N5O4S. The van der Waals surface area contributed by atoms with E-state index in [-0.39, 0.29) is 16.3 Å². The van der Waals surface area contributed by atoms with E-state index < -0.39 is 21.3 Å². The Balaban J connectivity index is 2.37. The lowest BCUT2D eigenvalue weighted by molar-refractivity contribution is 0.466. The summed E-state index contributed by atoms with van der Waals surface area (Å²) in [7, 11) is 0.522. The van der Waals surface area contributed by atoms with Crippen molar-refractivity contribution in [2.24, 2.45) is 21.1 Å². The first-order valence-corrected chi connectivity index (χ1v) is 8.33. The molecule has 22 heavy (non-hydrogen) atoms. The Hall–Kier alpha value is -1.94. The molecule has 3 heterocycles. The van der Waals surface area contributed by atoms with E-state index >= 15 is 0 Å². The highest BCUT2D eigenvalue weighted by molar-refractivity contribution is 7.89. The topological polar surface area (TPSA) is 99.2 Å². The average Bonchev–Trinajstić information content (AvgIpc) is 3.11. The Morgan fingerprint density at radius 2 is 1.55 bits per heavy atom. The lowest BCUT2D eigenvalue weighted by Gasteiger charge is -2.14. The first kappa shape index (κ1) is 15.0. The second-order valence-electron chi connectivity index (χ2n) is 5.44. The van der Waals surface area contributed by atoms with Gasteiger partial charge in [-0.25, -0.2) is 13.2 Å². The lowest BCUT2D eigenvalue weighted by atomic mass is 10.4. The zero-order valence-electron chi connectivity index (χ0n) is 12.6. The molecule has 0 amide bonds. The Bertz CT molecular complexity index is 976. The molecule has 0 saturated carbocycles. The van der Waals surface area contributed by atoms with Crippen LogP contribution >= 0.6 is 0 Å². The zero-order valence-corrected chi connectivity index (χ0v) is 13.4. The summed E-state index contributed by atoms with van der Waals surface area (Å²) in [6, 6.07) is 0. The second-order valence-corrected chi connectivity index (χ2v) is 7.27. The third kappa shape index (κ3) is 1.87. The normalized spacial score (nSPS) is 16.7. The molecule has 1 saturated heterocycles. The van der Waals surface area contributed by atoms with Crippen molar-refractivity contribution in [1.82, 2.24) is 23.0 Å². The van der Waals surface area contributed by atoms with Crippen LogP contribution in [-0.4, -0.2) is 44.5 Å². The highest BCUT2D eigenvalue weighted by atomic mass is 32.2. The molecule has 9 nitrogen and oxygen atoms in total. The van der Waals surface area contributed by atoms with Crippen molar-refractivity contribution in [2.45, 2.75) is 18.0 Å². The molecular weight excluding hydrogens is 310 g/mol. The van der Waals surface area contributed by atoms with Crippen molar-refractivity contribution in [3.63, 3.8) is 0 Å². The number of hydrogen-bond acceptors (Lipinski definition) is 5. The van der Waals surface area contributed by atoms with Crippen LogP contribution < -0.4 is 11.2 Å². The van der Waals surface area contributed by atoms with Gasteiger partial charge in [-0.05, 0) is 12.8 Å². The zero-order chi connectivity index (χ0) is 16.2. The number of sulfonamides is 1. The molecule has 0 atom stereocenters. The highest BCUT2D eigenvalue weighted by Gasteiger charge is 2.32. The third-order valence-electron chi connectivity index (χ3n) is 4.07. The number of imidazole rings is 1. The highest BCUT2D eigenvalue weighted by Crippen LogP contribution is 2.21. The van der Waals surface area contributed by atoms with E-state index in [1.165, 1.54) is 34.6 Å². The van der Waals surface area contributed by atoms with Crippen LogP contribution in [0.2, 0.25) is 0 Å². The molecule has 1 aliphatic heterocycles. The van der Waals surface area contributed by atoms with Crippen molar-refractivity contribution in [3.8, 4) is 0 Å². The third-order valence-corrected chi connectivity index (χ3v) is 5.94. The van der Waals surface area contributed by atoms with Crippen molar-refractivity contribution >= 4 is 21.2 Å². The van der Waals surface area contributed by atoms with Crippen molar-refractivity contribution in [2.75, 3.05) is 13.1 Å². The van der Waals surface area contributed by atoms with E-state index in [9.17, 15) is 18.0 Å². The first-order chi connectivity index (χ1) is 10.3. The van der Waals surface area contributed by atoms with Crippen LogP contribution in [0.15, 0.2) is 14.7 Å². The van der Waals surface area contributed by atoms with Gasteiger partial charge in [-0.15, -0.1) is 0 Å². The summed E-state index contributed by atoms with van der Waals surface area (Å²) in [5.41, 5.74) is -0.924. The maximum Gasteiger partial charge on any atom is 0.332 e. The molecule has 0 spiro atoms. The molecule has 0 unspecified atom stereocenters. The Kier molecular flexibility index (Phi) is 3.25. The fraction of sp³-hybridized carbons (Fsp3) is 0.583. The molecule has 0 aromatic carbocycles. The Morgan fingerprint density at radius 3 is 2.14 bits per heavy atom. The van der Waals surface area contributed by atoms with Crippen LogP contribution in [0.1, 0.15) is 12.8 Å². The summed E-state index contributed by atoms with van der Waals surface area (Å²) in [6.45, 7) is 0.894. The predicted molar refractivity (Wildman–Crippen MR) is 79.2 cm³/mol. The van der Waals surface area contributed by atoms with Gasteiger partial charge in [0.2, 0.25) is 5.16 Å². The summed E-state index contributed by atoms with van der Waals surface area (Å²) in [6.07, 6.45) is 1.62. The van der Waals surface area contributed by atoms with E-state index in [4.69, 9.17) is 0 Å². The number of rotatable bonds is 2. The summed E-state index contributed by atoms with van der Waals surface area (Å²) in [4.78, 5) is 28.3. The minimum atomic E-state index is -3.77. The van der Waals surface area contributed by atoms with Gasteiger partial charge in [0, 0.05) is 34.2 Å². The molecule has 0 radical (unpaired) electrons. The van der Waals surface area contributed by atoms with Crippen molar-refractivity contribution in [3.05, 3.63) is 20.8 Å². The van der Waals surface area contributed by atoms with Gasteiger partial charge < -0.3 is 4.57 Å². The molecule has 0 aliphatic carbocycles. The lowest BCUT2D eigenvalue weighted by Crippen LogP contribution is -2.37. The smallest absolute Gasteiger partial charge is 0.311 e. The van der Waals surface area contributed by atoms with Crippen LogP contribution in [0.3, 0.4) is 0 Å². The van der Waals surface area contributed by atoms with Gasteiger partial charge in [0.1, 0.15) is 0 Å².